The topological polar surface area (TPSA) is 85.3 Å². The van der Waals surface area contributed by atoms with Crippen molar-refractivity contribution in [3.63, 3.8) is 0 Å². The van der Waals surface area contributed by atoms with Crippen LogP contribution in [0.2, 0.25) is 0 Å². The first-order chi connectivity index (χ1) is 15.9. The molecule has 3 rings (SSSR count). The van der Waals surface area contributed by atoms with E-state index >= 15 is 0 Å². The van der Waals surface area contributed by atoms with Crippen molar-refractivity contribution in [2.75, 3.05) is 26.9 Å². The van der Waals surface area contributed by atoms with Crippen LogP contribution in [0.25, 0.3) is 5.76 Å². The zero-order chi connectivity index (χ0) is 24.0. The third kappa shape index (κ3) is 5.54. The second-order valence-electron chi connectivity index (χ2n) is 8.10. The van der Waals surface area contributed by atoms with E-state index < -0.39 is 17.7 Å². The molecule has 1 amide bonds. The van der Waals surface area contributed by atoms with Crippen molar-refractivity contribution >= 4 is 17.4 Å². The van der Waals surface area contributed by atoms with Crippen LogP contribution in [-0.2, 0) is 14.3 Å². The number of amides is 1. The van der Waals surface area contributed by atoms with Crippen LogP contribution in [0, 0.1) is 0 Å². The molecule has 33 heavy (non-hydrogen) atoms. The van der Waals surface area contributed by atoms with E-state index in [1.54, 1.807) is 30.3 Å². The molecule has 1 aliphatic rings. The summed E-state index contributed by atoms with van der Waals surface area (Å²) in [5.74, 6) is -0.445. The lowest BCUT2D eigenvalue weighted by Crippen LogP contribution is -2.32. The van der Waals surface area contributed by atoms with Gasteiger partial charge in [-0.1, -0.05) is 31.2 Å². The SMILES string of the molecule is CCCOc1cccc(/C(O)=C2/C(=O)C(=O)N(CCOC)C2c2cccc(OC(C)C)c2)c1. The number of ether oxygens (including phenoxy) is 3. The second kappa shape index (κ2) is 11.0. The summed E-state index contributed by atoms with van der Waals surface area (Å²) in [6.45, 7) is 6.84. The lowest BCUT2D eigenvalue weighted by molar-refractivity contribution is -0.140. The van der Waals surface area contributed by atoms with E-state index in [9.17, 15) is 14.7 Å². The van der Waals surface area contributed by atoms with Gasteiger partial charge in [-0.3, -0.25) is 9.59 Å². The number of likely N-dealkylation sites (tertiary alicyclic amines) is 1. The van der Waals surface area contributed by atoms with E-state index in [2.05, 4.69) is 0 Å². The van der Waals surface area contributed by atoms with E-state index in [0.29, 0.717) is 29.2 Å². The van der Waals surface area contributed by atoms with Crippen molar-refractivity contribution in [3.8, 4) is 11.5 Å². The minimum absolute atomic E-state index is 0.0328. The Morgan fingerprint density at radius 3 is 2.48 bits per heavy atom. The smallest absolute Gasteiger partial charge is 0.295 e. The minimum atomic E-state index is -0.768. The highest BCUT2D eigenvalue weighted by molar-refractivity contribution is 6.46. The number of Topliss-reactive ketones (excluding diaryl/α,β-unsaturated/α-hetero) is 1. The Balaban J connectivity index is 2.11. The van der Waals surface area contributed by atoms with Crippen LogP contribution in [0.4, 0.5) is 0 Å². The van der Waals surface area contributed by atoms with E-state index in [4.69, 9.17) is 14.2 Å². The van der Waals surface area contributed by atoms with Crippen LogP contribution >= 0.6 is 0 Å². The monoisotopic (exact) mass is 453 g/mol. The summed E-state index contributed by atoms with van der Waals surface area (Å²) in [6, 6.07) is 13.4. The standard InChI is InChI=1S/C26H31NO6/c1-5-13-32-20-10-7-9-19(16-20)24(28)22-23(27(12-14-31-4)26(30)25(22)29)18-8-6-11-21(15-18)33-17(2)3/h6-11,15-17,23,28H,5,12-14H2,1-4H3/b24-22-. The van der Waals surface area contributed by atoms with E-state index in [1.807, 2.05) is 39.0 Å². The number of methoxy groups -OCH3 is 1. The molecule has 0 radical (unpaired) electrons. The number of carbonyl (C=O) groups excluding carboxylic acids is 2. The Labute approximate surface area is 194 Å². The largest absolute Gasteiger partial charge is 0.507 e. The molecule has 2 aromatic carbocycles. The summed E-state index contributed by atoms with van der Waals surface area (Å²) in [6.07, 6.45) is 0.807. The van der Waals surface area contributed by atoms with Gasteiger partial charge in [0.15, 0.2) is 0 Å². The third-order valence-corrected chi connectivity index (χ3v) is 5.20. The summed E-state index contributed by atoms with van der Waals surface area (Å²) in [5.41, 5.74) is 1.11. The Kier molecular flexibility index (Phi) is 8.11. The first-order valence-corrected chi connectivity index (χ1v) is 11.1. The number of benzene rings is 2. The van der Waals surface area contributed by atoms with Crippen molar-refractivity contribution in [1.82, 2.24) is 4.90 Å². The fourth-order valence-corrected chi connectivity index (χ4v) is 3.79. The number of hydrogen-bond acceptors (Lipinski definition) is 6. The molecule has 1 unspecified atom stereocenters. The Hall–Kier alpha value is -3.32. The van der Waals surface area contributed by atoms with E-state index in [1.165, 1.54) is 12.0 Å². The van der Waals surface area contributed by atoms with Gasteiger partial charge in [0.2, 0.25) is 0 Å². The number of aliphatic hydroxyl groups excluding tert-OH is 1. The van der Waals surface area contributed by atoms with Gasteiger partial charge in [-0.2, -0.15) is 0 Å². The molecule has 1 fully saturated rings. The zero-order valence-corrected chi connectivity index (χ0v) is 19.5. The first kappa shape index (κ1) is 24.3. The molecule has 0 saturated carbocycles. The first-order valence-electron chi connectivity index (χ1n) is 11.1. The number of hydrogen-bond donors (Lipinski definition) is 1. The molecular formula is C26H31NO6. The Morgan fingerprint density at radius 1 is 1.06 bits per heavy atom. The van der Waals surface area contributed by atoms with Gasteiger partial charge in [0.25, 0.3) is 11.7 Å². The maximum Gasteiger partial charge on any atom is 0.295 e. The van der Waals surface area contributed by atoms with Gasteiger partial charge in [0.1, 0.15) is 17.3 Å². The molecular weight excluding hydrogens is 422 g/mol. The number of carbonyl (C=O) groups is 2. The van der Waals surface area contributed by atoms with Gasteiger partial charge in [-0.15, -0.1) is 0 Å². The van der Waals surface area contributed by atoms with Crippen molar-refractivity contribution in [2.24, 2.45) is 0 Å². The van der Waals surface area contributed by atoms with Crippen LogP contribution < -0.4 is 9.47 Å². The molecule has 1 heterocycles. The minimum Gasteiger partial charge on any atom is -0.507 e. The summed E-state index contributed by atoms with van der Waals surface area (Å²) in [4.78, 5) is 27.5. The molecule has 1 saturated heterocycles. The second-order valence-corrected chi connectivity index (χ2v) is 8.10. The highest BCUT2D eigenvalue weighted by Gasteiger charge is 2.46. The highest BCUT2D eigenvalue weighted by atomic mass is 16.5. The molecule has 2 aromatic rings. The van der Waals surface area contributed by atoms with Crippen molar-refractivity contribution in [3.05, 3.63) is 65.2 Å². The maximum atomic E-state index is 13.1. The zero-order valence-electron chi connectivity index (χ0n) is 19.5. The summed E-state index contributed by atoms with van der Waals surface area (Å²) in [5, 5.41) is 11.2. The van der Waals surface area contributed by atoms with E-state index in [-0.39, 0.29) is 30.6 Å². The van der Waals surface area contributed by atoms with Crippen LogP contribution in [0.15, 0.2) is 54.1 Å². The fraction of sp³-hybridized carbons (Fsp3) is 0.385. The Bertz CT molecular complexity index is 1030. The molecule has 0 spiro atoms. The lowest BCUT2D eigenvalue weighted by Gasteiger charge is -2.25. The van der Waals surface area contributed by atoms with Gasteiger partial charge in [0.05, 0.1) is 30.9 Å². The van der Waals surface area contributed by atoms with Gasteiger partial charge in [0, 0.05) is 19.2 Å². The normalized spacial score (nSPS) is 17.6. The summed E-state index contributed by atoms with van der Waals surface area (Å²) in [7, 11) is 1.53. The van der Waals surface area contributed by atoms with Crippen LogP contribution in [0.3, 0.4) is 0 Å². The summed E-state index contributed by atoms with van der Waals surface area (Å²) >= 11 is 0. The van der Waals surface area contributed by atoms with Crippen LogP contribution in [0.5, 0.6) is 11.5 Å². The molecule has 176 valence electrons. The van der Waals surface area contributed by atoms with Gasteiger partial charge < -0.3 is 24.2 Å². The average Bonchev–Trinajstić information content (AvgIpc) is 3.05. The van der Waals surface area contributed by atoms with Crippen molar-refractivity contribution < 1.29 is 28.9 Å². The van der Waals surface area contributed by atoms with E-state index in [0.717, 1.165) is 6.42 Å². The van der Waals surface area contributed by atoms with Gasteiger partial charge in [-0.25, -0.2) is 0 Å². The Morgan fingerprint density at radius 2 is 1.79 bits per heavy atom. The molecule has 0 aliphatic carbocycles. The molecule has 1 N–H and O–H groups in total. The average molecular weight is 454 g/mol. The molecule has 0 bridgehead atoms. The van der Waals surface area contributed by atoms with Crippen molar-refractivity contribution in [2.45, 2.75) is 39.3 Å². The molecule has 7 heteroatoms. The third-order valence-electron chi connectivity index (χ3n) is 5.20. The van der Waals surface area contributed by atoms with Crippen LogP contribution in [0.1, 0.15) is 44.4 Å². The molecule has 0 aromatic heterocycles. The fourth-order valence-electron chi connectivity index (χ4n) is 3.79. The molecule has 1 atom stereocenters. The number of ketones is 1. The number of nitrogens with zero attached hydrogens (tertiary/aromatic N) is 1. The highest BCUT2D eigenvalue weighted by Crippen LogP contribution is 2.40. The van der Waals surface area contributed by atoms with Crippen LogP contribution in [-0.4, -0.2) is 54.7 Å². The van der Waals surface area contributed by atoms with Gasteiger partial charge >= 0.3 is 0 Å². The number of rotatable bonds is 10. The lowest BCUT2D eigenvalue weighted by atomic mass is 9.95. The quantitative estimate of drug-likeness (QED) is 0.327. The van der Waals surface area contributed by atoms with Crippen molar-refractivity contribution in [1.29, 1.82) is 0 Å². The van der Waals surface area contributed by atoms with Gasteiger partial charge in [-0.05, 0) is 50.1 Å². The summed E-state index contributed by atoms with van der Waals surface area (Å²) < 4.78 is 16.6. The predicted octanol–water partition coefficient (Wildman–Crippen LogP) is 4.33. The molecule has 1 aliphatic heterocycles. The maximum absolute atomic E-state index is 13.1. The number of aliphatic hydroxyl groups is 1. The molecule has 7 nitrogen and oxygen atoms in total. The predicted molar refractivity (Wildman–Crippen MR) is 125 cm³/mol.